The molecule has 0 spiro atoms. The van der Waals surface area contributed by atoms with Gasteiger partial charge in [-0.05, 0) is 38.0 Å². The number of rotatable bonds is 8. The van der Waals surface area contributed by atoms with Gasteiger partial charge in [-0.1, -0.05) is 13.8 Å². The first-order chi connectivity index (χ1) is 13.8. The highest BCUT2D eigenvalue weighted by atomic mass is 32.2. The van der Waals surface area contributed by atoms with Crippen LogP contribution in [0.2, 0.25) is 0 Å². The highest BCUT2D eigenvalue weighted by molar-refractivity contribution is 7.89. The molecular weight excluding hydrogens is 398 g/mol. The monoisotopic (exact) mass is 427 g/mol. The molecule has 9 nitrogen and oxygen atoms in total. The lowest BCUT2D eigenvalue weighted by atomic mass is 10.2. The molecule has 0 radical (unpaired) electrons. The lowest BCUT2D eigenvalue weighted by Crippen LogP contribution is -2.43. The van der Waals surface area contributed by atoms with Gasteiger partial charge in [0.2, 0.25) is 15.9 Å². The van der Waals surface area contributed by atoms with E-state index in [0.717, 1.165) is 0 Å². The first-order valence-corrected chi connectivity index (χ1v) is 11.2. The maximum absolute atomic E-state index is 12.8. The Morgan fingerprint density at radius 1 is 1.24 bits per heavy atom. The summed E-state index contributed by atoms with van der Waals surface area (Å²) < 4.78 is 37.3. The molecule has 0 aromatic heterocycles. The van der Waals surface area contributed by atoms with Crippen molar-refractivity contribution >= 4 is 27.7 Å². The molecule has 2 amide bonds. The van der Waals surface area contributed by atoms with E-state index in [1.165, 1.54) is 34.5 Å². The zero-order valence-corrected chi connectivity index (χ0v) is 18.1. The van der Waals surface area contributed by atoms with Gasteiger partial charge in [0.1, 0.15) is 11.8 Å². The highest BCUT2D eigenvalue weighted by Gasteiger charge is 2.35. The first-order valence-electron chi connectivity index (χ1n) is 9.72. The molecule has 1 atom stereocenters. The van der Waals surface area contributed by atoms with Crippen molar-refractivity contribution in [2.45, 2.75) is 44.6 Å². The number of hydrogen-bond acceptors (Lipinski definition) is 6. The van der Waals surface area contributed by atoms with Gasteiger partial charge in [-0.25, -0.2) is 13.2 Å². The van der Waals surface area contributed by atoms with Crippen LogP contribution in [0.15, 0.2) is 23.1 Å². The third kappa shape index (κ3) is 4.99. The third-order valence-electron chi connectivity index (χ3n) is 4.82. The van der Waals surface area contributed by atoms with Crippen LogP contribution < -0.4 is 10.1 Å². The van der Waals surface area contributed by atoms with Crippen molar-refractivity contribution in [3.8, 4) is 5.75 Å². The van der Waals surface area contributed by atoms with Gasteiger partial charge in [0.15, 0.2) is 0 Å². The molecular formula is C19H29N3O6S. The summed E-state index contributed by atoms with van der Waals surface area (Å²) in [6.45, 7) is 6.78. The fraction of sp³-hybridized carbons (Fsp3) is 0.579. The molecule has 1 heterocycles. The average Bonchev–Trinajstić information content (AvgIpc) is 3.19. The third-order valence-corrected chi connectivity index (χ3v) is 6.86. The van der Waals surface area contributed by atoms with Crippen LogP contribution in [0, 0.1) is 0 Å². The summed E-state index contributed by atoms with van der Waals surface area (Å²) in [7, 11) is -2.43. The Balaban J connectivity index is 2.35. The minimum Gasteiger partial charge on any atom is -0.492 e. The van der Waals surface area contributed by atoms with Crippen LogP contribution in [0.5, 0.6) is 5.75 Å². The maximum atomic E-state index is 12.8. The minimum absolute atomic E-state index is 0.0659. The van der Waals surface area contributed by atoms with E-state index in [1.54, 1.807) is 20.8 Å². The zero-order valence-electron chi connectivity index (χ0n) is 17.3. The summed E-state index contributed by atoms with van der Waals surface area (Å²) in [5.41, 5.74) is 0.252. The van der Waals surface area contributed by atoms with Crippen molar-refractivity contribution in [3.63, 3.8) is 0 Å². The molecule has 1 aliphatic rings. The number of nitrogens with one attached hydrogen (secondary N) is 1. The number of nitrogens with zero attached hydrogens (tertiary/aromatic N) is 2. The summed E-state index contributed by atoms with van der Waals surface area (Å²) in [5, 5.41) is 2.74. The van der Waals surface area contributed by atoms with Crippen molar-refractivity contribution in [2.24, 2.45) is 0 Å². The lowest BCUT2D eigenvalue weighted by molar-refractivity contribution is -0.120. The summed E-state index contributed by atoms with van der Waals surface area (Å²) in [5.74, 6) is -0.0480. The molecule has 0 bridgehead atoms. The van der Waals surface area contributed by atoms with Gasteiger partial charge >= 0.3 is 6.09 Å². The molecule has 0 aliphatic carbocycles. The van der Waals surface area contributed by atoms with Gasteiger partial charge in [0.05, 0.1) is 24.3 Å². The number of hydrogen-bond donors (Lipinski definition) is 1. The molecule has 1 saturated heterocycles. The number of methoxy groups -OCH3 is 1. The number of carbonyl (C=O) groups is 2. The van der Waals surface area contributed by atoms with E-state index in [1.807, 2.05) is 0 Å². The molecule has 1 fully saturated rings. The van der Waals surface area contributed by atoms with E-state index in [2.05, 4.69) is 5.32 Å². The second-order valence-corrected chi connectivity index (χ2v) is 8.43. The summed E-state index contributed by atoms with van der Waals surface area (Å²) in [6, 6.07) is 3.71. The molecule has 162 valence electrons. The molecule has 1 N–H and O–H groups in total. The second-order valence-electron chi connectivity index (χ2n) is 6.49. The van der Waals surface area contributed by atoms with Crippen molar-refractivity contribution in [2.75, 3.05) is 38.7 Å². The number of amides is 2. The van der Waals surface area contributed by atoms with Gasteiger partial charge < -0.3 is 14.8 Å². The highest BCUT2D eigenvalue weighted by Crippen LogP contribution is 2.30. The van der Waals surface area contributed by atoms with Gasteiger partial charge in [-0.2, -0.15) is 4.31 Å². The molecule has 1 aromatic carbocycles. The Morgan fingerprint density at radius 2 is 1.93 bits per heavy atom. The fourth-order valence-corrected chi connectivity index (χ4v) is 4.84. The predicted octanol–water partition coefficient (Wildman–Crippen LogP) is 2.29. The van der Waals surface area contributed by atoms with Gasteiger partial charge in [0, 0.05) is 19.6 Å². The average molecular weight is 428 g/mol. The van der Waals surface area contributed by atoms with E-state index in [9.17, 15) is 18.0 Å². The van der Waals surface area contributed by atoms with E-state index in [0.29, 0.717) is 44.8 Å². The molecule has 10 heteroatoms. The molecule has 1 unspecified atom stereocenters. The van der Waals surface area contributed by atoms with Crippen molar-refractivity contribution in [1.82, 2.24) is 9.21 Å². The maximum Gasteiger partial charge on any atom is 0.410 e. The topological polar surface area (TPSA) is 105 Å². The normalized spacial score (nSPS) is 16.7. The van der Waals surface area contributed by atoms with Crippen LogP contribution >= 0.6 is 0 Å². The summed E-state index contributed by atoms with van der Waals surface area (Å²) >= 11 is 0. The first kappa shape index (κ1) is 23.0. The van der Waals surface area contributed by atoms with E-state index in [4.69, 9.17) is 9.47 Å². The molecule has 0 saturated carbocycles. The number of likely N-dealkylation sites (tertiary alicyclic amines) is 1. The van der Waals surface area contributed by atoms with Crippen LogP contribution in [-0.2, 0) is 19.6 Å². The Morgan fingerprint density at radius 3 is 2.52 bits per heavy atom. The number of benzene rings is 1. The Bertz CT molecular complexity index is 838. The van der Waals surface area contributed by atoms with Gasteiger partial charge in [-0.15, -0.1) is 0 Å². The SMILES string of the molecule is CCOc1ccc(S(=O)(=O)N(CC)CC)cc1NC(=O)C1CCCN1C(=O)OC. The molecule has 29 heavy (non-hydrogen) atoms. The Hall–Kier alpha value is -2.33. The van der Waals surface area contributed by atoms with Crippen LogP contribution in [0.25, 0.3) is 0 Å². The lowest BCUT2D eigenvalue weighted by Gasteiger charge is -2.23. The standard InChI is InChI=1S/C19H29N3O6S/c1-5-21(6-2)29(25,26)14-10-11-17(28-7-3)15(13-14)20-18(23)16-9-8-12-22(16)19(24)27-4/h10-11,13,16H,5-9,12H2,1-4H3,(H,20,23). The van der Waals surface area contributed by atoms with Crippen LogP contribution in [0.1, 0.15) is 33.6 Å². The predicted molar refractivity (Wildman–Crippen MR) is 108 cm³/mol. The van der Waals surface area contributed by atoms with E-state index in [-0.39, 0.29) is 10.6 Å². The quantitative estimate of drug-likeness (QED) is 0.682. The van der Waals surface area contributed by atoms with Crippen LogP contribution in [0.4, 0.5) is 10.5 Å². The number of anilines is 1. The second kappa shape index (κ2) is 9.93. The fourth-order valence-electron chi connectivity index (χ4n) is 3.35. The number of sulfonamides is 1. The Labute approximate surface area is 172 Å². The number of ether oxygens (including phenoxy) is 2. The van der Waals surface area contributed by atoms with Crippen molar-refractivity contribution < 1.29 is 27.5 Å². The van der Waals surface area contributed by atoms with Crippen molar-refractivity contribution in [3.05, 3.63) is 18.2 Å². The summed E-state index contributed by atoms with van der Waals surface area (Å²) in [6.07, 6.45) is 0.620. The largest absolute Gasteiger partial charge is 0.492 e. The van der Waals surface area contributed by atoms with Gasteiger partial charge in [0.25, 0.3) is 0 Å². The van der Waals surface area contributed by atoms with Crippen LogP contribution in [0.3, 0.4) is 0 Å². The van der Waals surface area contributed by atoms with E-state index < -0.39 is 28.1 Å². The molecule has 1 aromatic rings. The zero-order chi connectivity index (χ0) is 21.6. The minimum atomic E-state index is -3.70. The summed E-state index contributed by atoms with van der Waals surface area (Å²) in [4.78, 5) is 26.2. The molecule has 1 aliphatic heterocycles. The van der Waals surface area contributed by atoms with Gasteiger partial charge in [-0.3, -0.25) is 9.69 Å². The number of carbonyl (C=O) groups excluding carboxylic acids is 2. The smallest absolute Gasteiger partial charge is 0.410 e. The Kier molecular flexibility index (Phi) is 7.86. The van der Waals surface area contributed by atoms with Crippen LogP contribution in [-0.4, -0.2) is 69.0 Å². The van der Waals surface area contributed by atoms with E-state index >= 15 is 0 Å². The molecule has 2 rings (SSSR count). The van der Waals surface area contributed by atoms with Crippen molar-refractivity contribution in [1.29, 1.82) is 0 Å².